The summed E-state index contributed by atoms with van der Waals surface area (Å²) < 4.78 is 79.0. The van der Waals surface area contributed by atoms with E-state index in [-0.39, 0.29) is 25.2 Å². The smallest absolute Gasteiger partial charge is 0.309 e. The number of benzene rings is 2. The molecule has 0 saturated carbocycles. The molecular formula is C18H19F4N3O2S. The molecule has 0 radical (unpaired) electrons. The van der Waals surface area contributed by atoms with E-state index in [0.717, 1.165) is 14.7 Å². The van der Waals surface area contributed by atoms with Crippen LogP contribution in [0.2, 0.25) is 0 Å². The second-order valence-electron chi connectivity index (χ2n) is 6.41. The first-order chi connectivity index (χ1) is 13.1. The lowest BCUT2D eigenvalue weighted by Crippen LogP contribution is -2.37. The van der Waals surface area contributed by atoms with Crippen molar-refractivity contribution in [3.05, 3.63) is 53.8 Å². The molecule has 0 spiro atoms. The van der Waals surface area contributed by atoms with E-state index in [2.05, 4.69) is 5.32 Å². The van der Waals surface area contributed by atoms with Gasteiger partial charge in [-0.25, -0.2) is 8.70 Å². The Balaban J connectivity index is 1.84. The predicted octanol–water partition coefficient (Wildman–Crippen LogP) is 3.88. The number of halogens is 4. The molecule has 1 heterocycles. The highest BCUT2D eigenvalue weighted by Gasteiger charge is 2.41. The second-order valence-corrected chi connectivity index (χ2v) is 8.11. The average Bonchev–Trinajstić information content (AvgIpc) is 2.83. The minimum atomic E-state index is -4.32. The number of rotatable bonds is 6. The highest BCUT2D eigenvalue weighted by atomic mass is 32.2. The number of nitrogens with zero attached hydrogens (tertiary/aromatic N) is 2. The first kappa shape index (κ1) is 20.4. The summed E-state index contributed by atoms with van der Waals surface area (Å²) in [6.07, 6.45) is -4.14. The van der Waals surface area contributed by atoms with Crippen LogP contribution in [0, 0.1) is 12.7 Å². The van der Waals surface area contributed by atoms with E-state index < -0.39 is 28.7 Å². The van der Waals surface area contributed by atoms with Gasteiger partial charge in [-0.15, -0.1) is 0 Å². The van der Waals surface area contributed by atoms with Crippen LogP contribution in [-0.4, -0.2) is 34.2 Å². The molecular weight excluding hydrogens is 398 g/mol. The van der Waals surface area contributed by atoms with E-state index >= 15 is 0 Å². The van der Waals surface area contributed by atoms with E-state index in [1.165, 1.54) is 12.1 Å². The third kappa shape index (κ3) is 4.07. The number of fused-ring (bicyclic) bond motifs is 1. The SMILES string of the molecule is Cc1ccc(N2c3ccccc3N(CCCNCC(F)(F)F)S2(=O)=O)cc1F. The Hall–Kier alpha value is -2.33. The highest BCUT2D eigenvalue weighted by Crippen LogP contribution is 2.45. The van der Waals surface area contributed by atoms with Crippen LogP contribution in [0.15, 0.2) is 42.5 Å². The Kier molecular flexibility index (Phi) is 5.53. The Morgan fingerprint density at radius 1 is 1.07 bits per heavy atom. The zero-order valence-electron chi connectivity index (χ0n) is 15.0. The molecule has 0 saturated heterocycles. The fraction of sp³-hybridized carbons (Fsp3) is 0.333. The molecule has 0 aliphatic carbocycles. The van der Waals surface area contributed by atoms with Gasteiger partial charge in [-0.1, -0.05) is 18.2 Å². The van der Waals surface area contributed by atoms with Gasteiger partial charge in [-0.2, -0.15) is 21.6 Å². The summed E-state index contributed by atoms with van der Waals surface area (Å²) in [4.78, 5) is 0. The Bertz CT molecular complexity index is 964. The minimum Gasteiger partial charge on any atom is -0.309 e. The zero-order valence-corrected chi connectivity index (χ0v) is 15.8. The molecule has 1 aliphatic heterocycles. The van der Waals surface area contributed by atoms with Crippen LogP contribution in [0.5, 0.6) is 0 Å². The van der Waals surface area contributed by atoms with Gasteiger partial charge in [0.05, 0.1) is 23.6 Å². The molecule has 0 atom stereocenters. The van der Waals surface area contributed by atoms with E-state index in [1.807, 2.05) is 0 Å². The van der Waals surface area contributed by atoms with Crippen molar-refractivity contribution in [2.45, 2.75) is 19.5 Å². The standard InChI is InChI=1S/C18H19F4N3O2S/c1-13-7-8-14(11-15(13)19)25-17-6-3-2-5-16(17)24(28(25,26)27)10-4-9-23-12-18(20,21)22/h2-3,5-8,11,23H,4,9-10,12H2,1H3. The molecule has 5 nitrogen and oxygen atoms in total. The van der Waals surface area contributed by atoms with Crippen molar-refractivity contribution in [1.82, 2.24) is 5.32 Å². The molecule has 0 amide bonds. The van der Waals surface area contributed by atoms with Crippen molar-refractivity contribution >= 4 is 27.3 Å². The van der Waals surface area contributed by atoms with Crippen molar-refractivity contribution in [3.8, 4) is 0 Å². The first-order valence-corrected chi connectivity index (χ1v) is 9.96. The molecule has 28 heavy (non-hydrogen) atoms. The topological polar surface area (TPSA) is 52.6 Å². The van der Waals surface area contributed by atoms with Gasteiger partial charge < -0.3 is 5.32 Å². The first-order valence-electron chi connectivity index (χ1n) is 8.57. The molecule has 0 fully saturated rings. The number of alkyl halides is 3. The summed E-state index contributed by atoms with van der Waals surface area (Å²) in [6.45, 7) is 0.443. The molecule has 0 unspecified atom stereocenters. The Morgan fingerprint density at radius 2 is 1.75 bits per heavy atom. The molecule has 2 aromatic carbocycles. The molecule has 2 aromatic rings. The molecule has 0 aromatic heterocycles. The van der Waals surface area contributed by atoms with Crippen molar-refractivity contribution in [2.24, 2.45) is 0 Å². The number of nitrogens with one attached hydrogen (secondary N) is 1. The van der Waals surface area contributed by atoms with E-state index in [1.54, 1.807) is 31.2 Å². The third-order valence-corrected chi connectivity index (χ3v) is 6.11. The normalized spacial score (nSPS) is 15.8. The second kappa shape index (κ2) is 7.59. The number of anilines is 3. The van der Waals surface area contributed by atoms with Crippen LogP contribution in [-0.2, 0) is 10.2 Å². The van der Waals surface area contributed by atoms with Gasteiger partial charge in [0, 0.05) is 6.54 Å². The van der Waals surface area contributed by atoms with Gasteiger partial charge >= 0.3 is 16.4 Å². The molecule has 3 rings (SSSR count). The van der Waals surface area contributed by atoms with E-state index in [9.17, 15) is 26.0 Å². The van der Waals surface area contributed by atoms with Crippen LogP contribution in [0.3, 0.4) is 0 Å². The van der Waals surface area contributed by atoms with Crippen LogP contribution in [0.4, 0.5) is 34.6 Å². The molecule has 152 valence electrons. The van der Waals surface area contributed by atoms with Crippen molar-refractivity contribution in [2.75, 3.05) is 28.2 Å². The predicted molar refractivity (Wildman–Crippen MR) is 99.5 cm³/mol. The van der Waals surface area contributed by atoms with Gasteiger partial charge in [-0.3, -0.25) is 4.31 Å². The molecule has 1 N–H and O–H groups in total. The highest BCUT2D eigenvalue weighted by molar-refractivity contribution is 7.95. The lowest BCUT2D eigenvalue weighted by Gasteiger charge is -2.22. The van der Waals surface area contributed by atoms with Gasteiger partial charge in [-0.05, 0) is 49.7 Å². The van der Waals surface area contributed by atoms with Gasteiger partial charge in [0.25, 0.3) is 0 Å². The molecule has 0 bridgehead atoms. The minimum absolute atomic E-state index is 0.00491. The lowest BCUT2D eigenvalue weighted by molar-refractivity contribution is -0.124. The molecule has 1 aliphatic rings. The Morgan fingerprint density at radius 3 is 2.39 bits per heavy atom. The largest absolute Gasteiger partial charge is 0.401 e. The number of hydrogen-bond donors (Lipinski definition) is 1. The van der Waals surface area contributed by atoms with Crippen LogP contribution >= 0.6 is 0 Å². The summed E-state index contributed by atoms with van der Waals surface area (Å²) in [7, 11) is -4.04. The molecule has 10 heteroatoms. The zero-order chi connectivity index (χ0) is 20.5. The summed E-state index contributed by atoms with van der Waals surface area (Å²) >= 11 is 0. The summed E-state index contributed by atoms with van der Waals surface area (Å²) in [5, 5.41) is 2.25. The number of para-hydroxylation sites is 2. The third-order valence-electron chi connectivity index (χ3n) is 4.31. The van der Waals surface area contributed by atoms with E-state index in [0.29, 0.717) is 16.9 Å². The summed E-state index contributed by atoms with van der Waals surface area (Å²) in [5.41, 5.74) is 1.32. The fourth-order valence-electron chi connectivity index (χ4n) is 2.99. The van der Waals surface area contributed by atoms with Crippen LogP contribution < -0.4 is 13.9 Å². The van der Waals surface area contributed by atoms with Crippen molar-refractivity contribution < 1.29 is 26.0 Å². The van der Waals surface area contributed by atoms with Gasteiger partial charge in [0.2, 0.25) is 0 Å². The van der Waals surface area contributed by atoms with E-state index in [4.69, 9.17) is 0 Å². The fourth-order valence-corrected chi connectivity index (χ4v) is 4.73. The number of hydrogen-bond acceptors (Lipinski definition) is 3. The van der Waals surface area contributed by atoms with Crippen LogP contribution in [0.1, 0.15) is 12.0 Å². The maximum absolute atomic E-state index is 14.0. The van der Waals surface area contributed by atoms with Crippen molar-refractivity contribution in [1.29, 1.82) is 0 Å². The monoisotopic (exact) mass is 417 g/mol. The summed E-state index contributed by atoms with van der Waals surface area (Å²) in [6, 6.07) is 10.7. The Labute approximate surface area is 160 Å². The average molecular weight is 417 g/mol. The van der Waals surface area contributed by atoms with Gasteiger partial charge in [0.15, 0.2) is 0 Å². The van der Waals surface area contributed by atoms with Crippen LogP contribution in [0.25, 0.3) is 0 Å². The maximum Gasteiger partial charge on any atom is 0.401 e. The number of aryl methyl sites for hydroxylation is 1. The quantitative estimate of drug-likeness (QED) is 0.573. The van der Waals surface area contributed by atoms with Crippen molar-refractivity contribution in [3.63, 3.8) is 0 Å². The summed E-state index contributed by atoms with van der Waals surface area (Å²) in [5.74, 6) is -0.528. The maximum atomic E-state index is 14.0. The lowest BCUT2D eigenvalue weighted by atomic mass is 10.2. The van der Waals surface area contributed by atoms with Gasteiger partial charge in [0.1, 0.15) is 5.82 Å².